The fraction of sp³-hybridized carbons (Fsp3) is 0.346. The molecule has 1 fully saturated rings. The van der Waals surface area contributed by atoms with Crippen molar-refractivity contribution >= 4 is 11.8 Å². The van der Waals surface area contributed by atoms with Crippen LogP contribution in [0.4, 0.5) is 4.39 Å². The van der Waals surface area contributed by atoms with Crippen molar-refractivity contribution in [2.45, 2.75) is 19.8 Å². The van der Waals surface area contributed by atoms with Crippen LogP contribution in [0.3, 0.4) is 0 Å². The zero-order valence-electron chi connectivity index (χ0n) is 19.1. The van der Waals surface area contributed by atoms with Gasteiger partial charge in [0.15, 0.2) is 0 Å². The summed E-state index contributed by atoms with van der Waals surface area (Å²) in [5.41, 5.74) is 2.85. The standard InChI is InChI=1S/C26H29FN4O2/c1-3-14-30-15-16-31(26(33)24-12-13-28-29(24)2)18-21(25(30)32)17-19-8-10-20(11-9-19)22-6-4-5-7-23(22)27/h4-13,21H,3,14-18H2,1-2H3/t21-/m0/s1. The maximum absolute atomic E-state index is 14.1. The average molecular weight is 449 g/mol. The minimum atomic E-state index is -0.337. The Morgan fingerprint density at radius 3 is 2.52 bits per heavy atom. The molecule has 3 aromatic rings. The predicted octanol–water partition coefficient (Wildman–Crippen LogP) is 3.78. The number of carbonyl (C=O) groups is 2. The Morgan fingerprint density at radius 2 is 1.85 bits per heavy atom. The van der Waals surface area contributed by atoms with Crippen LogP contribution >= 0.6 is 0 Å². The largest absolute Gasteiger partial charge is 0.341 e. The smallest absolute Gasteiger partial charge is 0.272 e. The number of halogens is 1. The van der Waals surface area contributed by atoms with Crippen LogP contribution in [0.5, 0.6) is 0 Å². The molecule has 1 aliphatic rings. The maximum Gasteiger partial charge on any atom is 0.272 e. The van der Waals surface area contributed by atoms with Gasteiger partial charge in [-0.05, 0) is 36.1 Å². The van der Waals surface area contributed by atoms with Gasteiger partial charge in [-0.2, -0.15) is 5.10 Å². The Labute approximate surface area is 193 Å². The highest BCUT2D eigenvalue weighted by atomic mass is 19.1. The Morgan fingerprint density at radius 1 is 1.09 bits per heavy atom. The summed E-state index contributed by atoms with van der Waals surface area (Å²) in [5, 5.41) is 4.11. The van der Waals surface area contributed by atoms with Gasteiger partial charge in [-0.3, -0.25) is 14.3 Å². The third-order valence-electron chi connectivity index (χ3n) is 6.18. The first-order valence-electron chi connectivity index (χ1n) is 11.4. The Balaban J connectivity index is 1.55. The second-order valence-corrected chi connectivity index (χ2v) is 8.49. The van der Waals surface area contributed by atoms with E-state index in [4.69, 9.17) is 0 Å². The molecule has 2 heterocycles. The van der Waals surface area contributed by atoms with E-state index in [-0.39, 0.29) is 23.5 Å². The molecule has 1 atom stereocenters. The molecule has 0 unspecified atom stereocenters. The van der Waals surface area contributed by atoms with Gasteiger partial charge in [0.25, 0.3) is 5.91 Å². The summed E-state index contributed by atoms with van der Waals surface area (Å²) in [6.45, 7) is 4.11. The van der Waals surface area contributed by atoms with E-state index in [1.165, 1.54) is 6.07 Å². The number of amides is 2. The van der Waals surface area contributed by atoms with E-state index >= 15 is 0 Å². The SMILES string of the molecule is CCCN1CCN(C(=O)c2ccnn2C)C[C@H](Cc2ccc(-c3ccccc3F)cc2)C1=O. The first kappa shape index (κ1) is 22.7. The molecule has 2 aromatic carbocycles. The van der Waals surface area contributed by atoms with Crippen LogP contribution in [0, 0.1) is 11.7 Å². The van der Waals surface area contributed by atoms with Gasteiger partial charge in [0.2, 0.25) is 5.91 Å². The quantitative estimate of drug-likeness (QED) is 0.577. The van der Waals surface area contributed by atoms with Crippen molar-refractivity contribution in [2.75, 3.05) is 26.2 Å². The van der Waals surface area contributed by atoms with Crippen molar-refractivity contribution in [3.8, 4) is 11.1 Å². The number of nitrogens with zero attached hydrogens (tertiary/aromatic N) is 4. The number of hydrogen-bond donors (Lipinski definition) is 0. The Bertz CT molecular complexity index is 1130. The van der Waals surface area contributed by atoms with Crippen molar-refractivity contribution < 1.29 is 14.0 Å². The van der Waals surface area contributed by atoms with Gasteiger partial charge in [0, 0.05) is 45.0 Å². The Hall–Kier alpha value is -3.48. The van der Waals surface area contributed by atoms with Crippen LogP contribution in [0.1, 0.15) is 29.4 Å². The van der Waals surface area contributed by atoms with Crippen LogP contribution in [0.25, 0.3) is 11.1 Å². The lowest BCUT2D eigenvalue weighted by molar-refractivity contribution is -0.134. The lowest BCUT2D eigenvalue weighted by atomic mass is 9.95. The minimum Gasteiger partial charge on any atom is -0.341 e. The van der Waals surface area contributed by atoms with Gasteiger partial charge >= 0.3 is 0 Å². The second-order valence-electron chi connectivity index (χ2n) is 8.49. The molecule has 7 heteroatoms. The zero-order chi connectivity index (χ0) is 23.4. The van der Waals surface area contributed by atoms with Crippen LogP contribution in [-0.2, 0) is 18.3 Å². The minimum absolute atomic E-state index is 0.0790. The van der Waals surface area contributed by atoms with Crippen molar-refractivity contribution in [3.63, 3.8) is 0 Å². The predicted molar refractivity (Wildman–Crippen MR) is 125 cm³/mol. The summed E-state index contributed by atoms with van der Waals surface area (Å²) in [7, 11) is 1.74. The van der Waals surface area contributed by atoms with Gasteiger partial charge in [0.05, 0.1) is 5.92 Å². The first-order chi connectivity index (χ1) is 16.0. The maximum atomic E-state index is 14.1. The van der Waals surface area contributed by atoms with Crippen LogP contribution in [0.2, 0.25) is 0 Å². The van der Waals surface area contributed by atoms with E-state index in [9.17, 15) is 14.0 Å². The summed E-state index contributed by atoms with van der Waals surface area (Å²) in [5.74, 6) is -0.629. The van der Waals surface area contributed by atoms with Gasteiger partial charge in [-0.15, -0.1) is 0 Å². The molecule has 0 N–H and O–H groups in total. The number of rotatable bonds is 6. The highest BCUT2D eigenvalue weighted by Gasteiger charge is 2.33. The summed E-state index contributed by atoms with van der Waals surface area (Å²) in [6, 6.07) is 16.0. The molecule has 2 amide bonds. The van der Waals surface area contributed by atoms with Crippen molar-refractivity contribution in [3.05, 3.63) is 77.9 Å². The highest BCUT2D eigenvalue weighted by Crippen LogP contribution is 2.25. The van der Waals surface area contributed by atoms with E-state index in [1.807, 2.05) is 42.2 Å². The van der Waals surface area contributed by atoms with Crippen molar-refractivity contribution in [1.82, 2.24) is 19.6 Å². The number of carbonyl (C=O) groups excluding carboxylic acids is 2. The summed E-state index contributed by atoms with van der Waals surface area (Å²) < 4.78 is 15.7. The topological polar surface area (TPSA) is 58.4 Å². The molecule has 0 radical (unpaired) electrons. The van der Waals surface area contributed by atoms with Crippen LogP contribution < -0.4 is 0 Å². The fourth-order valence-corrected chi connectivity index (χ4v) is 4.42. The summed E-state index contributed by atoms with van der Waals surface area (Å²) in [4.78, 5) is 30.1. The second kappa shape index (κ2) is 9.98. The highest BCUT2D eigenvalue weighted by molar-refractivity contribution is 5.93. The molecule has 6 nitrogen and oxygen atoms in total. The normalized spacial score (nSPS) is 16.7. The van der Waals surface area contributed by atoms with E-state index < -0.39 is 0 Å². The molecule has 4 rings (SSSR count). The summed E-state index contributed by atoms with van der Waals surface area (Å²) in [6.07, 6.45) is 2.99. The number of hydrogen-bond acceptors (Lipinski definition) is 3. The molecule has 1 aliphatic heterocycles. The van der Waals surface area contributed by atoms with E-state index in [0.29, 0.717) is 43.9 Å². The first-order valence-corrected chi connectivity index (χ1v) is 11.4. The van der Waals surface area contributed by atoms with Gasteiger partial charge in [-0.1, -0.05) is 49.4 Å². The fourth-order valence-electron chi connectivity index (χ4n) is 4.42. The van der Waals surface area contributed by atoms with Gasteiger partial charge < -0.3 is 9.80 Å². The molecular formula is C26H29FN4O2. The van der Waals surface area contributed by atoms with E-state index in [1.54, 1.807) is 41.0 Å². The van der Waals surface area contributed by atoms with Crippen LogP contribution in [-0.4, -0.2) is 57.6 Å². The molecule has 0 spiro atoms. The van der Waals surface area contributed by atoms with Crippen LogP contribution in [0.15, 0.2) is 60.8 Å². The van der Waals surface area contributed by atoms with Crippen molar-refractivity contribution in [1.29, 1.82) is 0 Å². The molecule has 0 bridgehead atoms. The third kappa shape index (κ3) is 4.97. The van der Waals surface area contributed by atoms with E-state index in [2.05, 4.69) is 5.10 Å². The number of benzene rings is 2. The Kier molecular flexibility index (Phi) is 6.87. The summed E-state index contributed by atoms with van der Waals surface area (Å²) >= 11 is 0. The number of aromatic nitrogens is 2. The zero-order valence-corrected chi connectivity index (χ0v) is 19.1. The third-order valence-corrected chi connectivity index (χ3v) is 6.18. The monoisotopic (exact) mass is 448 g/mol. The van der Waals surface area contributed by atoms with Gasteiger partial charge in [-0.25, -0.2) is 4.39 Å². The van der Waals surface area contributed by atoms with Crippen molar-refractivity contribution in [2.24, 2.45) is 13.0 Å². The number of aryl methyl sites for hydroxylation is 1. The molecule has 1 aromatic heterocycles. The molecule has 0 saturated carbocycles. The lowest BCUT2D eigenvalue weighted by Gasteiger charge is -2.24. The molecule has 33 heavy (non-hydrogen) atoms. The molecule has 0 aliphatic carbocycles. The van der Waals surface area contributed by atoms with Gasteiger partial charge in [0.1, 0.15) is 11.5 Å². The molecule has 172 valence electrons. The average Bonchev–Trinajstić information content (AvgIpc) is 3.19. The molecule has 1 saturated heterocycles. The lowest BCUT2D eigenvalue weighted by Crippen LogP contribution is -2.38. The van der Waals surface area contributed by atoms with E-state index in [0.717, 1.165) is 17.5 Å². The molecular weight excluding hydrogens is 419 g/mol.